The van der Waals surface area contributed by atoms with Crippen LogP contribution in [0.4, 0.5) is 11.4 Å². The van der Waals surface area contributed by atoms with Gasteiger partial charge in [0.25, 0.3) is 5.91 Å². The Morgan fingerprint density at radius 1 is 1.04 bits per heavy atom. The normalized spacial score (nSPS) is 10.1. The minimum Gasteiger partial charge on any atom is -0.497 e. The van der Waals surface area contributed by atoms with Crippen LogP contribution in [0.15, 0.2) is 61.1 Å². The zero-order valence-electron chi connectivity index (χ0n) is 15.1. The molecule has 2 aromatic heterocycles. The highest BCUT2D eigenvalue weighted by molar-refractivity contribution is 5.92. The maximum Gasteiger partial charge on any atom is 0.270 e. The van der Waals surface area contributed by atoms with Crippen LogP contribution in [0.25, 0.3) is 0 Å². The number of rotatable bonds is 7. The van der Waals surface area contributed by atoms with E-state index in [-0.39, 0.29) is 5.91 Å². The van der Waals surface area contributed by atoms with Crippen molar-refractivity contribution in [1.82, 2.24) is 15.3 Å². The standard InChI is InChI=1S/C20H20N4O3/c1-26-16-4-6-19(27-2)18(11-16)24-15-3-5-17(22-13-15)20(25)23-12-14-7-9-21-10-8-14/h3-11,13,24H,12H2,1-2H3,(H,23,25). The molecule has 0 atom stereocenters. The van der Waals surface area contributed by atoms with Crippen molar-refractivity contribution in [1.29, 1.82) is 0 Å². The summed E-state index contributed by atoms with van der Waals surface area (Å²) in [4.78, 5) is 20.4. The Bertz CT molecular complexity index is 899. The van der Waals surface area contributed by atoms with Crippen LogP contribution in [0, 0.1) is 0 Å². The number of amides is 1. The van der Waals surface area contributed by atoms with Gasteiger partial charge in [-0.1, -0.05) is 0 Å². The molecule has 1 amide bonds. The molecule has 0 fully saturated rings. The molecule has 1 aromatic carbocycles. The van der Waals surface area contributed by atoms with E-state index in [1.165, 1.54) is 0 Å². The Hall–Kier alpha value is -3.61. The molecule has 7 heteroatoms. The lowest BCUT2D eigenvalue weighted by atomic mass is 10.2. The van der Waals surface area contributed by atoms with Gasteiger partial charge in [-0.25, -0.2) is 4.98 Å². The molecule has 0 spiro atoms. The van der Waals surface area contributed by atoms with Crippen LogP contribution < -0.4 is 20.1 Å². The molecule has 7 nitrogen and oxygen atoms in total. The first-order valence-corrected chi connectivity index (χ1v) is 8.32. The third-order valence-electron chi connectivity index (χ3n) is 3.88. The third-order valence-corrected chi connectivity index (χ3v) is 3.88. The second-order valence-electron chi connectivity index (χ2n) is 5.66. The number of hydrogen-bond acceptors (Lipinski definition) is 6. The van der Waals surface area contributed by atoms with Crippen molar-refractivity contribution in [3.05, 3.63) is 72.3 Å². The largest absolute Gasteiger partial charge is 0.497 e. The summed E-state index contributed by atoms with van der Waals surface area (Å²) in [6, 6.07) is 12.6. The highest BCUT2D eigenvalue weighted by Crippen LogP contribution is 2.31. The molecule has 3 aromatic rings. The summed E-state index contributed by atoms with van der Waals surface area (Å²) in [6.45, 7) is 0.421. The lowest BCUT2D eigenvalue weighted by Crippen LogP contribution is -2.23. The number of carbonyl (C=O) groups excluding carboxylic acids is 1. The molecule has 0 bridgehead atoms. The Morgan fingerprint density at radius 3 is 2.52 bits per heavy atom. The van der Waals surface area contributed by atoms with Crippen LogP contribution in [0.3, 0.4) is 0 Å². The first-order chi connectivity index (χ1) is 13.2. The van der Waals surface area contributed by atoms with Gasteiger partial charge in [0.1, 0.15) is 17.2 Å². The quantitative estimate of drug-likeness (QED) is 0.670. The van der Waals surface area contributed by atoms with Gasteiger partial charge >= 0.3 is 0 Å². The van der Waals surface area contributed by atoms with Crippen LogP contribution >= 0.6 is 0 Å². The Labute approximate surface area is 157 Å². The van der Waals surface area contributed by atoms with E-state index in [0.717, 1.165) is 16.9 Å². The van der Waals surface area contributed by atoms with Crippen molar-refractivity contribution in [3.8, 4) is 11.5 Å². The summed E-state index contributed by atoms with van der Waals surface area (Å²) in [7, 11) is 3.20. The van der Waals surface area contributed by atoms with Gasteiger partial charge in [-0.15, -0.1) is 0 Å². The Kier molecular flexibility index (Phi) is 5.84. The van der Waals surface area contributed by atoms with E-state index in [9.17, 15) is 4.79 Å². The zero-order valence-corrected chi connectivity index (χ0v) is 15.1. The van der Waals surface area contributed by atoms with Gasteiger partial charge in [-0.3, -0.25) is 9.78 Å². The van der Waals surface area contributed by atoms with Gasteiger partial charge in [-0.2, -0.15) is 0 Å². The minimum atomic E-state index is -0.239. The molecular formula is C20H20N4O3. The number of nitrogens with zero attached hydrogens (tertiary/aromatic N) is 2. The number of carbonyl (C=O) groups is 1. The molecule has 138 valence electrons. The van der Waals surface area contributed by atoms with Gasteiger partial charge < -0.3 is 20.1 Å². The summed E-state index contributed by atoms with van der Waals surface area (Å²) in [5.74, 6) is 1.14. The monoisotopic (exact) mass is 364 g/mol. The van der Waals surface area contributed by atoms with Crippen LogP contribution in [-0.4, -0.2) is 30.1 Å². The fraction of sp³-hybridized carbons (Fsp3) is 0.150. The van der Waals surface area contributed by atoms with E-state index in [1.807, 2.05) is 30.3 Å². The predicted octanol–water partition coefficient (Wildman–Crippen LogP) is 3.17. The molecule has 0 aliphatic carbocycles. The lowest BCUT2D eigenvalue weighted by Gasteiger charge is -2.12. The number of anilines is 2. The predicted molar refractivity (Wildman–Crippen MR) is 102 cm³/mol. The van der Waals surface area contributed by atoms with Crippen molar-refractivity contribution in [2.75, 3.05) is 19.5 Å². The molecule has 0 aliphatic rings. The van der Waals surface area contributed by atoms with E-state index >= 15 is 0 Å². The number of aromatic nitrogens is 2. The second kappa shape index (κ2) is 8.66. The van der Waals surface area contributed by atoms with Gasteiger partial charge in [0, 0.05) is 25.0 Å². The van der Waals surface area contributed by atoms with E-state index in [4.69, 9.17) is 9.47 Å². The number of pyridine rings is 2. The highest BCUT2D eigenvalue weighted by atomic mass is 16.5. The first-order valence-electron chi connectivity index (χ1n) is 8.32. The molecule has 0 aliphatic heterocycles. The second-order valence-corrected chi connectivity index (χ2v) is 5.66. The van der Waals surface area contributed by atoms with Gasteiger partial charge in [0.2, 0.25) is 0 Å². The van der Waals surface area contributed by atoms with E-state index in [2.05, 4.69) is 20.6 Å². The highest BCUT2D eigenvalue weighted by Gasteiger charge is 2.09. The number of ether oxygens (including phenoxy) is 2. The van der Waals surface area contributed by atoms with Crippen molar-refractivity contribution < 1.29 is 14.3 Å². The van der Waals surface area contributed by atoms with Crippen molar-refractivity contribution in [2.45, 2.75) is 6.54 Å². The Morgan fingerprint density at radius 2 is 1.85 bits per heavy atom. The molecule has 0 unspecified atom stereocenters. The van der Waals surface area contributed by atoms with Crippen LogP contribution in [-0.2, 0) is 6.54 Å². The summed E-state index contributed by atoms with van der Waals surface area (Å²) in [5.41, 5.74) is 2.79. The summed E-state index contributed by atoms with van der Waals surface area (Å²) in [6.07, 6.45) is 4.97. The minimum absolute atomic E-state index is 0.239. The van der Waals surface area contributed by atoms with E-state index in [0.29, 0.717) is 23.7 Å². The van der Waals surface area contributed by atoms with E-state index in [1.54, 1.807) is 44.9 Å². The number of nitrogens with one attached hydrogen (secondary N) is 2. The number of hydrogen-bond donors (Lipinski definition) is 2. The summed E-state index contributed by atoms with van der Waals surface area (Å²) in [5, 5.41) is 6.05. The molecule has 0 saturated carbocycles. The zero-order chi connectivity index (χ0) is 19.1. The molecule has 2 heterocycles. The fourth-order valence-electron chi connectivity index (χ4n) is 2.44. The lowest BCUT2D eigenvalue weighted by molar-refractivity contribution is 0.0946. The average Bonchev–Trinajstić information content (AvgIpc) is 2.73. The van der Waals surface area contributed by atoms with Crippen LogP contribution in [0.5, 0.6) is 11.5 Å². The maximum absolute atomic E-state index is 12.2. The van der Waals surface area contributed by atoms with Crippen LogP contribution in [0.1, 0.15) is 16.1 Å². The van der Waals surface area contributed by atoms with Crippen molar-refractivity contribution in [3.63, 3.8) is 0 Å². The smallest absolute Gasteiger partial charge is 0.270 e. The van der Waals surface area contributed by atoms with E-state index < -0.39 is 0 Å². The summed E-state index contributed by atoms with van der Waals surface area (Å²) < 4.78 is 10.6. The van der Waals surface area contributed by atoms with Gasteiger partial charge in [0.15, 0.2) is 0 Å². The molecule has 2 N–H and O–H groups in total. The van der Waals surface area contributed by atoms with Crippen molar-refractivity contribution in [2.24, 2.45) is 0 Å². The van der Waals surface area contributed by atoms with Crippen LogP contribution in [0.2, 0.25) is 0 Å². The fourth-order valence-corrected chi connectivity index (χ4v) is 2.44. The average molecular weight is 364 g/mol. The number of benzene rings is 1. The molecular weight excluding hydrogens is 344 g/mol. The SMILES string of the molecule is COc1ccc(OC)c(Nc2ccc(C(=O)NCc3ccncc3)nc2)c1. The van der Waals surface area contributed by atoms with Gasteiger partial charge in [0.05, 0.1) is 31.8 Å². The first kappa shape index (κ1) is 18.2. The Balaban J connectivity index is 1.66. The molecule has 0 saturated heterocycles. The molecule has 3 rings (SSSR count). The third kappa shape index (κ3) is 4.72. The maximum atomic E-state index is 12.2. The number of methoxy groups -OCH3 is 2. The molecule has 0 radical (unpaired) electrons. The summed E-state index contributed by atoms with van der Waals surface area (Å²) >= 11 is 0. The molecule has 27 heavy (non-hydrogen) atoms. The van der Waals surface area contributed by atoms with Gasteiger partial charge in [-0.05, 0) is 42.0 Å². The topological polar surface area (TPSA) is 85.4 Å². The van der Waals surface area contributed by atoms with Crippen molar-refractivity contribution >= 4 is 17.3 Å².